The van der Waals surface area contributed by atoms with Crippen LogP contribution in [0.1, 0.15) is 13.8 Å². The monoisotopic (exact) mass is 341 g/mol. The number of rotatable bonds is 8. The molecular formula is C15H20NO6P. The zero-order chi connectivity index (χ0) is 16.9. The molecule has 2 aromatic rings. The van der Waals surface area contributed by atoms with E-state index in [2.05, 4.69) is 5.16 Å². The van der Waals surface area contributed by atoms with Gasteiger partial charge >= 0.3 is 7.60 Å². The van der Waals surface area contributed by atoms with Crippen molar-refractivity contribution in [1.29, 1.82) is 0 Å². The summed E-state index contributed by atoms with van der Waals surface area (Å²) >= 11 is 0. The van der Waals surface area contributed by atoms with Crippen molar-refractivity contribution in [2.75, 3.05) is 27.4 Å². The van der Waals surface area contributed by atoms with Gasteiger partial charge in [-0.1, -0.05) is 5.16 Å². The summed E-state index contributed by atoms with van der Waals surface area (Å²) in [5.74, 6) is 1.22. The lowest BCUT2D eigenvalue weighted by atomic mass is 10.1. The molecule has 0 fully saturated rings. The van der Waals surface area contributed by atoms with Gasteiger partial charge in [0.25, 0.3) is 0 Å². The first-order valence-electron chi connectivity index (χ1n) is 7.16. The third kappa shape index (κ3) is 3.75. The zero-order valence-electron chi connectivity index (χ0n) is 13.6. The summed E-state index contributed by atoms with van der Waals surface area (Å²) in [6.45, 7) is 3.93. The van der Waals surface area contributed by atoms with E-state index in [9.17, 15) is 4.57 Å². The molecule has 0 amide bonds. The van der Waals surface area contributed by atoms with E-state index in [-0.39, 0.29) is 18.7 Å². The Kier molecular flexibility index (Phi) is 5.82. The molecule has 0 unspecified atom stereocenters. The average molecular weight is 341 g/mol. The second-order valence-corrected chi connectivity index (χ2v) is 6.40. The van der Waals surface area contributed by atoms with Gasteiger partial charge < -0.3 is 23.0 Å². The molecule has 1 heterocycles. The molecule has 23 heavy (non-hydrogen) atoms. The molecule has 0 aliphatic rings. The molecule has 0 saturated heterocycles. The number of hydrogen-bond acceptors (Lipinski definition) is 7. The van der Waals surface area contributed by atoms with Gasteiger partial charge in [-0.3, -0.25) is 4.57 Å². The fraction of sp³-hybridized carbons (Fsp3) is 0.400. The van der Waals surface area contributed by atoms with Crippen LogP contribution < -0.4 is 15.0 Å². The normalized spacial score (nSPS) is 11.5. The molecule has 0 radical (unpaired) electrons. The van der Waals surface area contributed by atoms with Gasteiger partial charge in [0.2, 0.25) is 5.50 Å². The zero-order valence-corrected chi connectivity index (χ0v) is 14.5. The van der Waals surface area contributed by atoms with Crippen LogP contribution >= 0.6 is 7.60 Å². The molecular weight excluding hydrogens is 321 g/mol. The molecule has 0 aliphatic carbocycles. The number of hydrogen-bond donors (Lipinski definition) is 0. The highest BCUT2D eigenvalue weighted by Crippen LogP contribution is 2.47. The van der Waals surface area contributed by atoms with E-state index in [1.54, 1.807) is 46.3 Å². The van der Waals surface area contributed by atoms with E-state index < -0.39 is 7.60 Å². The second-order valence-electron chi connectivity index (χ2n) is 4.45. The number of aromatic nitrogens is 1. The van der Waals surface area contributed by atoms with Crippen molar-refractivity contribution < 1.29 is 27.6 Å². The summed E-state index contributed by atoms with van der Waals surface area (Å²) in [6.07, 6.45) is 0. The highest BCUT2D eigenvalue weighted by atomic mass is 31.2. The van der Waals surface area contributed by atoms with Crippen molar-refractivity contribution in [2.24, 2.45) is 0 Å². The molecule has 0 saturated carbocycles. The van der Waals surface area contributed by atoms with Gasteiger partial charge in [-0.25, -0.2) is 0 Å². The van der Waals surface area contributed by atoms with Gasteiger partial charge in [0.15, 0.2) is 0 Å². The SMILES string of the molecule is CCOP(=O)(OCC)c1cc(-c2ccc(OC)cc2OC)no1. The lowest BCUT2D eigenvalue weighted by Crippen LogP contribution is -2.08. The van der Waals surface area contributed by atoms with Crippen LogP contribution in [0.15, 0.2) is 28.8 Å². The lowest BCUT2D eigenvalue weighted by molar-refractivity contribution is 0.223. The summed E-state index contributed by atoms with van der Waals surface area (Å²) < 4.78 is 38.9. The van der Waals surface area contributed by atoms with Gasteiger partial charge in [-0.05, 0) is 26.0 Å². The van der Waals surface area contributed by atoms with Crippen LogP contribution in [0.5, 0.6) is 11.5 Å². The van der Waals surface area contributed by atoms with Crippen molar-refractivity contribution in [2.45, 2.75) is 13.8 Å². The third-order valence-electron chi connectivity index (χ3n) is 3.05. The lowest BCUT2D eigenvalue weighted by Gasteiger charge is -2.12. The first-order chi connectivity index (χ1) is 11.1. The predicted molar refractivity (Wildman–Crippen MR) is 85.5 cm³/mol. The third-order valence-corrected chi connectivity index (χ3v) is 5.00. The molecule has 1 aromatic heterocycles. The Labute approximate surface area is 135 Å². The highest BCUT2D eigenvalue weighted by Gasteiger charge is 2.32. The van der Waals surface area contributed by atoms with Gasteiger partial charge in [0.1, 0.15) is 17.2 Å². The Hall–Kier alpha value is -1.82. The topological polar surface area (TPSA) is 80.0 Å². The number of ether oxygens (including phenoxy) is 2. The maximum atomic E-state index is 12.7. The van der Waals surface area contributed by atoms with Crippen molar-refractivity contribution in [3.63, 3.8) is 0 Å². The van der Waals surface area contributed by atoms with Crippen molar-refractivity contribution >= 4 is 13.1 Å². The van der Waals surface area contributed by atoms with E-state index in [4.69, 9.17) is 23.0 Å². The summed E-state index contributed by atoms with van der Waals surface area (Å²) in [5.41, 5.74) is 1.22. The molecule has 8 heteroatoms. The van der Waals surface area contributed by atoms with Crippen LogP contribution in [0.25, 0.3) is 11.3 Å². The van der Waals surface area contributed by atoms with Crippen LogP contribution in [-0.2, 0) is 13.6 Å². The molecule has 2 rings (SSSR count). The highest BCUT2D eigenvalue weighted by molar-refractivity contribution is 7.61. The minimum Gasteiger partial charge on any atom is -0.497 e. The van der Waals surface area contributed by atoms with E-state index in [0.717, 1.165) is 0 Å². The fourth-order valence-electron chi connectivity index (χ4n) is 2.04. The van der Waals surface area contributed by atoms with E-state index >= 15 is 0 Å². The number of nitrogens with zero attached hydrogens (tertiary/aromatic N) is 1. The smallest absolute Gasteiger partial charge is 0.399 e. The molecule has 1 aromatic carbocycles. The van der Waals surface area contributed by atoms with Crippen LogP contribution in [0, 0.1) is 0 Å². The first kappa shape index (κ1) is 17.5. The van der Waals surface area contributed by atoms with Gasteiger partial charge in [-0.15, -0.1) is 0 Å². The molecule has 126 valence electrons. The minimum atomic E-state index is -3.50. The maximum Gasteiger partial charge on any atom is 0.399 e. The summed E-state index contributed by atoms with van der Waals surface area (Å²) in [6, 6.07) is 6.83. The Morgan fingerprint density at radius 1 is 1.09 bits per heavy atom. The number of benzene rings is 1. The maximum absolute atomic E-state index is 12.7. The van der Waals surface area contributed by atoms with Crippen molar-refractivity contribution in [1.82, 2.24) is 5.16 Å². The van der Waals surface area contributed by atoms with Crippen LogP contribution in [0.2, 0.25) is 0 Å². The predicted octanol–water partition coefficient (Wildman–Crippen LogP) is 3.25. The fourth-order valence-corrected chi connectivity index (χ4v) is 3.47. The van der Waals surface area contributed by atoms with Gasteiger partial charge in [0, 0.05) is 17.7 Å². The average Bonchev–Trinajstić information content (AvgIpc) is 3.05. The Balaban J connectivity index is 2.40. The minimum absolute atomic E-state index is 0.0640. The summed E-state index contributed by atoms with van der Waals surface area (Å²) in [7, 11) is -0.386. The van der Waals surface area contributed by atoms with Crippen LogP contribution in [0.4, 0.5) is 0 Å². The van der Waals surface area contributed by atoms with Crippen LogP contribution in [0.3, 0.4) is 0 Å². The Morgan fingerprint density at radius 3 is 2.35 bits per heavy atom. The second kappa shape index (κ2) is 7.64. The van der Waals surface area contributed by atoms with E-state index in [1.165, 1.54) is 6.07 Å². The first-order valence-corrected chi connectivity index (χ1v) is 8.71. The molecule has 0 spiro atoms. The molecule has 7 nitrogen and oxygen atoms in total. The quantitative estimate of drug-likeness (QED) is 0.682. The van der Waals surface area contributed by atoms with E-state index in [1.807, 2.05) is 0 Å². The standard InChI is InChI=1S/C15H20NO6P/c1-5-20-23(17,21-6-2)15-10-13(16-22-15)12-8-7-11(18-3)9-14(12)19-4/h7-10H,5-6H2,1-4H3. The number of methoxy groups -OCH3 is 2. The Morgan fingerprint density at radius 2 is 1.78 bits per heavy atom. The summed E-state index contributed by atoms with van der Waals surface area (Å²) in [5, 5.41) is 3.95. The molecule has 0 bridgehead atoms. The molecule has 0 N–H and O–H groups in total. The summed E-state index contributed by atoms with van der Waals surface area (Å²) in [4.78, 5) is 0. The van der Waals surface area contributed by atoms with Crippen molar-refractivity contribution in [3.8, 4) is 22.8 Å². The van der Waals surface area contributed by atoms with E-state index in [0.29, 0.717) is 22.8 Å². The van der Waals surface area contributed by atoms with Crippen molar-refractivity contribution in [3.05, 3.63) is 24.3 Å². The van der Waals surface area contributed by atoms with Gasteiger partial charge in [-0.2, -0.15) is 0 Å². The van der Waals surface area contributed by atoms with Gasteiger partial charge in [0.05, 0.1) is 27.4 Å². The molecule has 0 atom stereocenters. The molecule has 0 aliphatic heterocycles. The largest absolute Gasteiger partial charge is 0.497 e. The Bertz CT molecular complexity index is 689. The van der Waals surface area contributed by atoms with Crippen LogP contribution in [-0.4, -0.2) is 32.6 Å².